The van der Waals surface area contributed by atoms with Crippen molar-refractivity contribution in [3.8, 4) is 23.2 Å². The van der Waals surface area contributed by atoms with Crippen molar-refractivity contribution in [1.29, 1.82) is 5.26 Å². The summed E-state index contributed by atoms with van der Waals surface area (Å²) >= 11 is 0. The summed E-state index contributed by atoms with van der Waals surface area (Å²) in [5, 5.41) is 9.05. The third kappa shape index (κ3) is 3.45. The number of benzene rings is 1. The first-order valence-corrected chi connectivity index (χ1v) is 11.3. The first-order chi connectivity index (χ1) is 13.3. The minimum Gasteiger partial charge on any atom is -0.485 e. The number of nitrogens with zero attached hydrogens (tertiary/aromatic N) is 3. The van der Waals surface area contributed by atoms with Gasteiger partial charge in [0.05, 0.1) is 16.8 Å². The molecule has 0 unspecified atom stereocenters. The average molecular weight is 398 g/mol. The fraction of sp³-hybridized carbons (Fsp3) is 0.429. The molecular formula is C21H23N3O3S. The van der Waals surface area contributed by atoms with Gasteiger partial charge in [-0.3, -0.25) is 4.98 Å². The summed E-state index contributed by atoms with van der Waals surface area (Å²) in [6.07, 6.45) is 7.92. The third-order valence-corrected chi connectivity index (χ3v) is 7.04. The summed E-state index contributed by atoms with van der Waals surface area (Å²) in [7, 11) is -3.21. The number of likely N-dealkylation sites (tertiary alicyclic amines) is 1. The van der Waals surface area contributed by atoms with Gasteiger partial charge in [0.25, 0.3) is 0 Å². The molecule has 0 bridgehead atoms. The lowest BCUT2D eigenvalue weighted by molar-refractivity contribution is 0.0194. The van der Waals surface area contributed by atoms with Gasteiger partial charge in [0.15, 0.2) is 16.0 Å². The molecule has 2 aliphatic rings. The molecule has 7 heteroatoms. The standard InChI is InChI=1S/C21H23N3O3S/c1-21(17-7-9-24(14-22)10-8-17)12-16-11-19(23-13-20(16)27-21)15-3-5-18(6-4-15)28(2,25)26/h3-6,11,13,17H,7-10,12H2,1-2H3/t21-/m0/s1. The zero-order valence-corrected chi connectivity index (χ0v) is 16.9. The molecule has 2 aliphatic heterocycles. The van der Waals surface area contributed by atoms with Crippen LogP contribution in [0.25, 0.3) is 11.3 Å². The Morgan fingerprint density at radius 1 is 1.25 bits per heavy atom. The maximum atomic E-state index is 11.6. The van der Waals surface area contributed by atoms with Gasteiger partial charge < -0.3 is 9.64 Å². The number of piperidine rings is 1. The summed E-state index contributed by atoms with van der Waals surface area (Å²) in [6, 6.07) is 8.85. The van der Waals surface area contributed by atoms with Gasteiger partial charge in [0.1, 0.15) is 11.4 Å². The highest BCUT2D eigenvalue weighted by Gasteiger charge is 2.43. The summed E-state index contributed by atoms with van der Waals surface area (Å²) in [5.41, 5.74) is 2.55. The normalized spacial score (nSPS) is 22.4. The molecule has 0 N–H and O–H groups in total. The van der Waals surface area contributed by atoms with Crippen molar-refractivity contribution in [2.45, 2.75) is 36.7 Å². The molecule has 0 spiro atoms. The number of fused-ring (bicyclic) bond motifs is 1. The maximum absolute atomic E-state index is 11.6. The van der Waals surface area contributed by atoms with Crippen molar-refractivity contribution >= 4 is 9.84 Å². The minimum atomic E-state index is -3.21. The van der Waals surface area contributed by atoms with Gasteiger partial charge >= 0.3 is 0 Å². The van der Waals surface area contributed by atoms with E-state index in [1.165, 1.54) is 6.26 Å². The van der Waals surface area contributed by atoms with Gasteiger partial charge in [-0.25, -0.2) is 8.42 Å². The molecule has 1 saturated heterocycles. The van der Waals surface area contributed by atoms with Crippen molar-refractivity contribution in [2.75, 3.05) is 19.3 Å². The molecule has 0 amide bonds. The zero-order valence-electron chi connectivity index (χ0n) is 16.1. The van der Waals surface area contributed by atoms with E-state index >= 15 is 0 Å². The summed E-state index contributed by atoms with van der Waals surface area (Å²) < 4.78 is 29.6. The molecular weight excluding hydrogens is 374 g/mol. The number of ether oxygens (including phenoxy) is 1. The van der Waals surface area contributed by atoms with E-state index < -0.39 is 9.84 Å². The lowest BCUT2D eigenvalue weighted by Gasteiger charge is -2.38. The van der Waals surface area contributed by atoms with Crippen LogP contribution in [0.15, 0.2) is 41.4 Å². The Morgan fingerprint density at radius 2 is 1.93 bits per heavy atom. The quantitative estimate of drug-likeness (QED) is 0.741. The van der Waals surface area contributed by atoms with Crippen LogP contribution in [0.1, 0.15) is 25.3 Å². The number of hydrogen-bond acceptors (Lipinski definition) is 6. The van der Waals surface area contributed by atoms with E-state index in [2.05, 4.69) is 18.1 Å². The average Bonchev–Trinajstić information content (AvgIpc) is 3.04. The van der Waals surface area contributed by atoms with E-state index in [-0.39, 0.29) is 5.60 Å². The van der Waals surface area contributed by atoms with Crippen LogP contribution in [0.5, 0.6) is 5.75 Å². The zero-order chi connectivity index (χ0) is 19.9. The molecule has 6 nitrogen and oxygen atoms in total. The second-order valence-corrected chi connectivity index (χ2v) is 9.94. The van der Waals surface area contributed by atoms with Crippen molar-refractivity contribution in [1.82, 2.24) is 9.88 Å². The Kier molecular flexibility index (Phi) is 4.54. The van der Waals surface area contributed by atoms with Crippen LogP contribution in [0.3, 0.4) is 0 Å². The first kappa shape index (κ1) is 18.8. The van der Waals surface area contributed by atoms with Gasteiger partial charge in [-0.1, -0.05) is 12.1 Å². The Hall–Kier alpha value is -2.59. The van der Waals surface area contributed by atoms with Crippen LogP contribution < -0.4 is 4.74 Å². The largest absolute Gasteiger partial charge is 0.485 e. The monoisotopic (exact) mass is 397 g/mol. The van der Waals surface area contributed by atoms with Gasteiger partial charge in [-0.2, -0.15) is 5.26 Å². The van der Waals surface area contributed by atoms with E-state index in [1.807, 2.05) is 11.0 Å². The highest BCUT2D eigenvalue weighted by Crippen LogP contribution is 2.43. The van der Waals surface area contributed by atoms with Crippen molar-refractivity contribution < 1.29 is 13.2 Å². The number of nitriles is 1. The van der Waals surface area contributed by atoms with E-state index in [0.717, 1.165) is 54.9 Å². The van der Waals surface area contributed by atoms with Gasteiger partial charge in [-0.05, 0) is 38.0 Å². The van der Waals surface area contributed by atoms with E-state index in [9.17, 15) is 8.42 Å². The molecule has 1 fully saturated rings. The van der Waals surface area contributed by atoms with Gasteiger partial charge in [0, 0.05) is 42.8 Å². The van der Waals surface area contributed by atoms with E-state index in [4.69, 9.17) is 10.00 Å². The highest BCUT2D eigenvalue weighted by atomic mass is 32.2. The smallest absolute Gasteiger partial charge is 0.179 e. The summed E-state index contributed by atoms with van der Waals surface area (Å²) in [6.45, 7) is 3.72. The molecule has 28 heavy (non-hydrogen) atoms. The second-order valence-electron chi connectivity index (χ2n) is 7.93. The van der Waals surface area contributed by atoms with Crippen molar-refractivity contribution in [2.24, 2.45) is 5.92 Å². The molecule has 146 valence electrons. The van der Waals surface area contributed by atoms with Crippen LogP contribution in [0, 0.1) is 17.4 Å². The number of rotatable bonds is 3. The second kappa shape index (κ2) is 6.78. The first-order valence-electron chi connectivity index (χ1n) is 9.42. The topological polar surface area (TPSA) is 83.3 Å². The number of aromatic nitrogens is 1. The third-order valence-electron chi connectivity index (χ3n) is 5.91. The number of hydrogen-bond donors (Lipinski definition) is 0. The van der Waals surface area contributed by atoms with Crippen molar-refractivity contribution in [3.63, 3.8) is 0 Å². The van der Waals surface area contributed by atoms with Crippen LogP contribution in [0.4, 0.5) is 0 Å². The molecule has 2 aromatic rings. The lowest BCUT2D eigenvalue weighted by atomic mass is 9.79. The maximum Gasteiger partial charge on any atom is 0.179 e. The fourth-order valence-electron chi connectivity index (χ4n) is 4.23. The van der Waals surface area contributed by atoms with Crippen molar-refractivity contribution in [3.05, 3.63) is 42.1 Å². The molecule has 0 radical (unpaired) electrons. The number of sulfone groups is 1. The van der Waals surface area contributed by atoms with Crippen LogP contribution in [-0.4, -0.2) is 43.2 Å². The van der Waals surface area contributed by atoms with Gasteiger partial charge in [0.2, 0.25) is 0 Å². The molecule has 0 aliphatic carbocycles. The Bertz CT molecular complexity index is 1040. The number of pyridine rings is 1. The van der Waals surface area contributed by atoms with Crippen LogP contribution >= 0.6 is 0 Å². The Balaban J connectivity index is 1.54. The predicted molar refractivity (Wildman–Crippen MR) is 105 cm³/mol. The molecule has 1 aromatic carbocycles. The lowest BCUT2D eigenvalue weighted by Crippen LogP contribution is -2.45. The van der Waals surface area contributed by atoms with Crippen LogP contribution in [0.2, 0.25) is 0 Å². The summed E-state index contributed by atoms with van der Waals surface area (Å²) in [5.74, 6) is 1.23. The summed E-state index contributed by atoms with van der Waals surface area (Å²) in [4.78, 5) is 6.63. The Morgan fingerprint density at radius 3 is 2.54 bits per heavy atom. The van der Waals surface area contributed by atoms with Crippen LogP contribution in [-0.2, 0) is 16.3 Å². The van der Waals surface area contributed by atoms with E-state index in [0.29, 0.717) is 10.8 Å². The predicted octanol–water partition coefficient (Wildman–Crippen LogP) is 3.04. The minimum absolute atomic E-state index is 0.273. The highest BCUT2D eigenvalue weighted by molar-refractivity contribution is 7.90. The Labute approximate surface area is 165 Å². The SMILES string of the molecule is C[C@@]1(C2CCN(C#N)CC2)Cc2cc(-c3ccc(S(C)(=O)=O)cc3)ncc2O1. The molecule has 4 rings (SSSR count). The van der Waals surface area contributed by atoms with Gasteiger partial charge in [-0.15, -0.1) is 0 Å². The molecule has 1 atom stereocenters. The molecule has 0 saturated carbocycles. The van der Waals surface area contributed by atoms with E-state index in [1.54, 1.807) is 30.5 Å². The molecule has 1 aromatic heterocycles. The fourth-order valence-corrected chi connectivity index (χ4v) is 4.86. The molecule has 3 heterocycles.